The first-order valence-corrected chi connectivity index (χ1v) is 6.53. The average Bonchev–Trinajstić information content (AvgIpc) is 3.00. The van der Waals surface area contributed by atoms with Gasteiger partial charge in [0.05, 0.1) is 24.7 Å². The molecule has 4 heteroatoms. The molecule has 2 unspecified atom stereocenters. The van der Waals surface area contributed by atoms with Gasteiger partial charge in [-0.3, -0.25) is 4.79 Å². The van der Waals surface area contributed by atoms with Crippen LogP contribution < -0.4 is 5.32 Å². The predicted molar refractivity (Wildman–Crippen MR) is 63.5 cm³/mol. The molecule has 92 valence electrons. The van der Waals surface area contributed by atoms with Gasteiger partial charge in [0.15, 0.2) is 0 Å². The van der Waals surface area contributed by atoms with Crippen molar-refractivity contribution in [1.82, 2.24) is 5.32 Å². The number of carbonyl (C=O) groups is 1. The van der Waals surface area contributed by atoms with Crippen LogP contribution in [0.1, 0.15) is 26.7 Å². The average molecular weight is 246 g/mol. The van der Waals surface area contributed by atoms with Crippen LogP contribution in [-0.4, -0.2) is 31.0 Å². The number of amides is 1. The van der Waals surface area contributed by atoms with Crippen molar-refractivity contribution in [2.75, 3.05) is 19.1 Å². The van der Waals surface area contributed by atoms with Crippen molar-refractivity contribution in [2.45, 2.75) is 32.7 Å². The lowest BCUT2D eigenvalue weighted by Crippen LogP contribution is -2.47. The molecule has 0 aromatic heterocycles. The maximum absolute atomic E-state index is 12.0. The SMILES string of the molecule is CC(C)(CCl)C(=O)NC1COCC1C1CC1. The minimum absolute atomic E-state index is 0.0450. The second-order valence-corrected chi connectivity index (χ2v) is 5.90. The summed E-state index contributed by atoms with van der Waals surface area (Å²) in [6, 6.07) is 0.197. The number of hydrogen-bond acceptors (Lipinski definition) is 2. The number of carbonyl (C=O) groups excluding carboxylic acids is 1. The molecule has 3 nitrogen and oxygen atoms in total. The first kappa shape index (κ1) is 12.2. The topological polar surface area (TPSA) is 38.3 Å². The van der Waals surface area contributed by atoms with E-state index in [0.717, 1.165) is 12.5 Å². The lowest BCUT2D eigenvalue weighted by atomic mass is 9.92. The lowest BCUT2D eigenvalue weighted by molar-refractivity contribution is -0.129. The second-order valence-electron chi connectivity index (χ2n) is 5.64. The van der Waals surface area contributed by atoms with Crippen molar-refractivity contribution >= 4 is 17.5 Å². The van der Waals surface area contributed by atoms with E-state index >= 15 is 0 Å². The molecule has 1 saturated heterocycles. The number of halogens is 1. The third-order valence-electron chi connectivity index (χ3n) is 3.62. The Morgan fingerprint density at radius 3 is 2.69 bits per heavy atom. The molecule has 1 N–H and O–H groups in total. The van der Waals surface area contributed by atoms with Crippen LogP contribution in [0, 0.1) is 17.3 Å². The summed E-state index contributed by atoms with van der Waals surface area (Å²) in [4.78, 5) is 12.0. The third kappa shape index (κ3) is 2.51. The van der Waals surface area contributed by atoms with Gasteiger partial charge in [-0.1, -0.05) is 0 Å². The van der Waals surface area contributed by atoms with E-state index in [2.05, 4.69) is 5.32 Å². The van der Waals surface area contributed by atoms with Crippen molar-refractivity contribution in [2.24, 2.45) is 17.3 Å². The molecule has 0 spiro atoms. The fourth-order valence-corrected chi connectivity index (χ4v) is 2.25. The molecule has 0 bridgehead atoms. The number of hydrogen-bond donors (Lipinski definition) is 1. The van der Waals surface area contributed by atoms with Gasteiger partial charge in [-0.15, -0.1) is 11.6 Å². The largest absolute Gasteiger partial charge is 0.379 e. The number of alkyl halides is 1. The highest BCUT2D eigenvalue weighted by atomic mass is 35.5. The molecule has 1 amide bonds. The van der Waals surface area contributed by atoms with Crippen molar-refractivity contribution in [3.8, 4) is 0 Å². The van der Waals surface area contributed by atoms with E-state index in [1.165, 1.54) is 12.8 Å². The van der Waals surface area contributed by atoms with Gasteiger partial charge in [0, 0.05) is 11.8 Å². The fourth-order valence-electron chi connectivity index (χ4n) is 2.13. The summed E-state index contributed by atoms with van der Waals surface area (Å²) in [5.74, 6) is 1.69. The zero-order chi connectivity index (χ0) is 11.8. The molecule has 2 rings (SSSR count). The van der Waals surface area contributed by atoms with Crippen LogP contribution in [0.2, 0.25) is 0 Å². The van der Waals surface area contributed by atoms with Crippen molar-refractivity contribution < 1.29 is 9.53 Å². The Labute approximate surface area is 102 Å². The molecule has 1 aliphatic heterocycles. The molecule has 2 atom stereocenters. The smallest absolute Gasteiger partial charge is 0.227 e. The minimum atomic E-state index is -0.488. The van der Waals surface area contributed by atoms with Crippen molar-refractivity contribution in [1.29, 1.82) is 0 Å². The highest BCUT2D eigenvalue weighted by Crippen LogP contribution is 2.40. The first-order valence-electron chi connectivity index (χ1n) is 5.99. The van der Waals surface area contributed by atoms with Gasteiger partial charge in [-0.25, -0.2) is 0 Å². The Morgan fingerprint density at radius 1 is 1.44 bits per heavy atom. The van der Waals surface area contributed by atoms with Gasteiger partial charge in [-0.2, -0.15) is 0 Å². The summed E-state index contributed by atoms with van der Waals surface area (Å²) in [5.41, 5.74) is -0.488. The van der Waals surface area contributed by atoms with Crippen LogP contribution >= 0.6 is 11.6 Å². The quantitative estimate of drug-likeness (QED) is 0.767. The van der Waals surface area contributed by atoms with E-state index in [-0.39, 0.29) is 11.9 Å². The van der Waals surface area contributed by atoms with Crippen LogP contribution in [0.4, 0.5) is 0 Å². The first-order chi connectivity index (χ1) is 7.54. The van der Waals surface area contributed by atoms with E-state index < -0.39 is 5.41 Å². The Hall–Kier alpha value is -0.280. The van der Waals surface area contributed by atoms with Crippen LogP contribution in [0.25, 0.3) is 0 Å². The second kappa shape index (κ2) is 4.53. The van der Waals surface area contributed by atoms with Gasteiger partial charge in [0.25, 0.3) is 0 Å². The van der Waals surface area contributed by atoms with Crippen LogP contribution in [0.5, 0.6) is 0 Å². The van der Waals surface area contributed by atoms with Gasteiger partial charge >= 0.3 is 0 Å². The molecule has 0 aromatic carbocycles. The van der Waals surface area contributed by atoms with Crippen LogP contribution in [0.3, 0.4) is 0 Å². The highest BCUT2D eigenvalue weighted by Gasteiger charge is 2.42. The highest BCUT2D eigenvalue weighted by molar-refractivity contribution is 6.19. The maximum Gasteiger partial charge on any atom is 0.227 e. The number of ether oxygens (including phenoxy) is 1. The van der Waals surface area contributed by atoms with E-state index in [4.69, 9.17) is 16.3 Å². The van der Waals surface area contributed by atoms with E-state index in [9.17, 15) is 4.79 Å². The summed E-state index contributed by atoms with van der Waals surface area (Å²) in [5, 5.41) is 3.09. The number of nitrogens with one attached hydrogen (secondary N) is 1. The van der Waals surface area contributed by atoms with Gasteiger partial charge < -0.3 is 10.1 Å². The minimum Gasteiger partial charge on any atom is -0.379 e. The van der Waals surface area contributed by atoms with E-state index in [1.54, 1.807) is 0 Å². The Balaban J connectivity index is 1.90. The Kier molecular flexibility index (Phi) is 3.45. The zero-order valence-corrected chi connectivity index (χ0v) is 10.7. The van der Waals surface area contributed by atoms with Gasteiger partial charge in [0.1, 0.15) is 0 Å². The monoisotopic (exact) mass is 245 g/mol. The van der Waals surface area contributed by atoms with Crippen molar-refractivity contribution in [3.63, 3.8) is 0 Å². The van der Waals surface area contributed by atoms with Crippen LogP contribution in [-0.2, 0) is 9.53 Å². The molecule has 0 radical (unpaired) electrons. The van der Waals surface area contributed by atoms with Crippen molar-refractivity contribution in [3.05, 3.63) is 0 Å². The summed E-state index contributed by atoms with van der Waals surface area (Å²) >= 11 is 5.79. The predicted octanol–water partition coefficient (Wildman–Crippen LogP) is 1.79. The molecule has 16 heavy (non-hydrogen) atoms. The molecule has 0 aromatic rings. The Bertz CT molecular complexity index is 276. The molecular weight excluding hydrogens is 226 g/mol. The lowest BCUT2D eigenvalue weighted by Gasteiger charge is -2.25. The summed E-state index contributed by atoms with van der Waals surface area (Å²) in [7, 11) is 0. The van der Waals surface area contributed by atoms with E-state index in [1.807, 2.05) is 13.8 Å². The third-order valence-corrected chi connectivity index (χ3v) is 4.29. The molecule has 2 fully saturated rings. The maximum atomic E-state index is 12.0. The standard InChI is InChI=1S/C12H20ClNO2/c1-12(2,7-13)11(15)14-10-6-16-5-9(10)8-3-4-8/h8-10H,3-7H2,1-2H3,(H,14,15). The normalized spacial score (nSPS) is 30.4. The molecular formula is C12H20ClNO2. The van der Waals surface area contributed by atoms with Gasteiger partial charge in [-0.05, 0) is 32.6 Å². The van der Waals surface area contributed by atoms with Crippen LogP contribution in [0.15, 0.2) is 0 Å². The Morgan fingerprint density at radius 2 is 2.12 bits per heavy atom. The fraction of sp³-hybridized carbons (Fsp3) is 0.917. The molecule has 1 saturated carbocycles. The van der Waals surface area contributed by atoms with Gasteiger partial charge in [0.2, 0.25) is 5.91 Å². The molecule has 1 aliphatic carbocycles. The number of rotatable bonds is 4. The summed E-state index contributed by atoms with van der Waals surface area (Å²) in [6.45, 7) is 5.21. The summed E-state index contributed by atoms with van der Waals surface area (Å²) in [6.07, 6.45) is 2.58. The molecule has 1 heterocycles. The van der Waals surface area contributed by atoms with E-state index in [0.29, 0.717) is 18.4 Å². The molecule has 2 aliphatic rings. The summed E-state index contributed by atoms with van der Waals surface area (Å²) < 4.78 is 5.47. The zero-order valence-electron chi connectivity index (χ0n) is 9.96.